The summed E-state index contributed by atoms with van der Waals surface area (Å²) in [5.74, 6) is -1.97. The number of aliphatic hydroxyl groups is 2. The van der Waals surface area contributed by atoms with Crippen molar-refractivity contribution in [3.63, 3.8) is 0 Å². The summed E-state index contributed by atoms with van der Waals surface area (Å²) in [6.07, 6.45) is -1.19. The molecule has 104 valence electrons. The van der Waals surface area contributed by atoms with Crippen molar-refractivity contribution in [1.29, 1.82) is 0 Å². The molecule has 3 aliphatic rings. The maximum atomic E-state index is 12.6. The van der Waals surface area contributed by atoms with Gasteiger partial charge < -0.3 is 10.2 Å². The Labute approximate surface area is 115 Å². The third-order valence-electron chi connectivity index (χ3n) is 5.11. The van der Waals surface area contributed by atoms with Crippen LogP contribution in [0.2, 0.25) is 0 Å². The zero-order valence-electron chi connectivity index (χ0n) is 10.7. The number of carbonyl (C=O) groups excluding carboxylic acids is 2. The summed E-state index contributed by atoms with van der Waals surface area (Å²) in [6, 6.07) is 8.84. The minimum atomic E-state index is -0.881. The van der Waals surface area contributed by atoms with E-state index in [9.17, 15) is 19.8 Å². The average molecular weight is 273 g/mol. The van der Waals surface area contributed by atoms with Gasteiger partial charge in [0.2, 0.25) is 11.8 Å². The molecule has 2 bridgehead atoms. The first-order valence-electron chi connectivity index (χ1n) is 6.90. The number of imide groups is 1. The van der Waals surface area contributed by atoms with Crippen molar-refractivity contribution >= 4 is 17.5 Å². The Morgan fingerprint density at radius 3 is 1.90 bits per heavy atom. The second kappa shape index (κ2) is 3.90. The molecule has 6 atom stereocenters. The van der Waals surface area contributed by atoms with Crippen molar-refractivity contribution in [2.45, 2.75) is 18.6 Å². The number of hydrogen-bond acceptors (Lipinski definition) is 4. The van der Waals surface area contributed by atoms with E-state index in [0.29, 0.717) is 12.1 Å². The molecule has 0 aromatic heterocycles. The molecule has 0 unspecified atom stereocenters. The van der Waals surface area contributed by atoms with Crippen molar-refractivity contribution in [1.82, 2.24) is 0 Å². The quantitative estimate of drug-likeness (QED) is 0.715. The van der Waals surface area contributed by atoms with Crippen LogP contribution in [0.15, 0.2) is 30.3 Å². The van der Waals surface area contributed by atoms with Crippen LogP contribution in [0.4, 0.5) is 5.69 Å². The molecule has 2 amide bonds. The van der Waals surface area contributed by atoms with Gasteiger partial charge in [-0.3, -0.25) is 14.5 Å². The zero-order valence-corrected chi connectivity index (χ0v) is 10.7. The Bertz CT molecular complexity index is 555. The predicted octanol–water partition coefficient (Wildman–Crippen LogP) is 0.164. The topological polar surface area (TPSA) is 77.8 Å². The lowest BCUT2D eigenvalue weighted by atomic mass is 9.78. The molecule has 4 rings (SSSR count). The van der Waals surface area contributed by atoms with Crippen molar-refractivity contribution in [3.05, 3.63) is 30.3 Å². The molecule has 3 fully saturated rings. The highest BCUT2D eigenvalue weighted by molar-refractivity contribution is 6.22. The molecule has 5 nitrogen and oxygen atoms in total. The highest BCUT2D eigenvalue weighted by Crippen LogP contribution is 2.56. The van der Waals surface area contributed by atoms with E-state index in [-0.39, 0.29) is 23.7 Å². The molecule has 1 aliphatic heterocycles. The fraction of sp³-hybridized carbons (Fsp3) is 0.467. The number of anilines is 1. The molecule has 0 spiro atoms. The third kappa shape index (κ3) is 1.29. The van der Waals surface area contributed by atoms with Gasteiger partial charge in [0.15, 0.2) is 0 Å². The first kappa shape index (κ1) is 12.1. The van der Waals surface area contributed by atoms with Gasteiger partial charge in [-0.1, -0.05) is 18.2 Å². The summed E-state index contributed by atoms with van der Waals surface area (Å²) in [5.41, 5.74) is 0.570. The van der Waals surface area contributed by atoms with E-state index in [1.165, 1.54) is 4.90 Å². The summed E-state index contributed by atoms with van der Waals surface area (Å²) in [4.78, 5) is 26.3. The Morgan fingerprint density at radius 1 is 0.900 bits per heavy atom. The minimum Gasteiger partial charge on any atom is -0.390 e. The maximum Gasteiger partial charge on any atom is 0.238 e. The number of rotatable bonds is 1. The summed E-state index contributed by atoms with van der Waals surface area (Å²) in [6.45, 7) is 0. The van der Waals surface area contributed by atoms with Gasteiger partial charge in [0, 0.05) is 11.8 Å². The van der Waals surface area contributed by atoms with Crippen LogP contribution in [0.25, 0.3) is 0 Å². The molecule has 1 heterocycles. The molecule has 2 aliphatic carbocycles. The number of benzene rings is 1. The standard InChI is InChI=1S/C15H15NO4/c17-12-8-6-9(13(12)18)11-10(8)14(19)16(15(11)20)7-4-2-1-3-5-7/h1-5,8-13,17-18H,6H2/t8-,9+,10-,11+,12-,13-/m0/s1. The van der Waals surface area contributed by atoms with Gasteiger partial charge in [0.25, 0.3) is 0 Å². The Hall–Kier alpha value is -1.72. The number of fused-ring (bicyclic) bond motifs is 5. The molecule has 2 saturated carbocycles. The molecular weight excluding hydrogens is 258 g/mol. The fourth-order valence-corrected chi connectivity index (χ4v) is 4.26. The molecule has 0 radical (unpaired) electrons. The summed E-state index contributed by atoms with van der Waals surface area (Å²) in [5, 5.41) is 19.9. The van der Waals surface area contributed by atoms with E-state index in [2.05, 4.69) is 0 Å². The second-order valence-corrected chi connectivity index (χ2v) is 5.94. The van der Waals surface area contributed by atoms with Crippen LogP contribution < -0.4 is 4.90 Å². The first-order chi connectivity index (χ1) is 9.61. The number of hydrogen-bond donors (Lipinski definition) is 2. The highest BCUT2D eigenvalue weighted by Gasteiger charge is 2.67. The van der Waals surface area contributed by atoms with E-state index >= 15 is 0 Å². The Morgan fingerprint density at radius 2 is 1.40 bits per heavy atom. The number of amides is 2. The zero-order chi connectivity index (χ0) is 14.0. The lowest BCUT2D eigenvalue weighted by molar-refractivity contribution is -0.129. The SMILES string of the molecule is O=C1[C@@H]2[C@H]3C[C@H]([C@H](O)[C@H]3O)[C@@H]2C(=O)N1c1ccccc1. The molecule has 2 N–H and O–H groups in total. The first-order valence-corrected chi connectivity index (χ1v) is 6.90. The van der Waals surface area contributed by atoms with Crippen LogP contribution in [-0.2, 0) is 9.59 Å². The van der Waals surface area contributed by atoms with E-state index in [1.807, 2.05) is 6.07 Å². The summed E-state index contributed by atoms with van der Waals surface area (Å²) in [7, 11) is 0. The summed E-state index contributed by atoms with van der Waals surface area (Å²) < 4.78 is 0. The monoisotopic (exact) mass is 273 g/mol. The van der Waals surface area contributed by atoms with Crippen molar-refractivity contribution in [2.75, 3.05) is 4.90 Å². The van der Waals surface area contributed by atoms with Crippen LogP contribution in [0.1, 0.15) is 6.42 Å². The van der Waals surface area contributed by atoms with Crippen LogP contribution in [0, 0.1) is 23.7 Å². The van der Waals surface area contributed by atoms with Gasteiger partial charge in [0.1, 0.15) is 0 Å². The lowest BCUT2D eigenvalue weighted by Crippen LogP contribution is -2.43. The van der Waals surface area contributed by atoms with Gasteiger partial charge in [-0.2, -0.15) is 0 Å². The number of para-hydroxylation sites is 1. The van der Waals surface area contributed by atoms with Crippen molar-refractivity contribution in [3.8, 4) is 0 Å². The predicted molar refractivity (Wildman–Crippen MR) is 69.5 cm³/mol. The van der Waals surface area contributed by atoms with E-state index in [4.69, 9.17) is 0 Å². The number of aliphatic hydroxyl groups excluding tert-OH is 2. The third-order valence-corrected chi connectivity index (χ3v) is 5.11. The van der Waals surface area contributed by atoms with Crippen molar-refractivity contribution < 1.29 is 19.8 Å². The van der Waals surface area contributed by atoms with E-state index < -0.39 is 24.0 Å². The molecule has 1 aromatic rings. The Kier molecular flexibility index (Phi) is 2.35. The van der Waals surface area contributed by atoms with E-state index in [1.54, 1.807) is 24.3 Å². The molecule has 1 aromatic carbocycles. The van der Waals surface area contributed by atoms with Gasteiger partial charge in [-0.15, -0.1) is 0 Å². The average Bonchev–Trinajstić information content (AvgIpc) is 3.05. The summed E-state index contributed by atoms with van der Waals surface area (Å²) >= 11 is 0. The lowest BCUT2D eigenvalue weighted by Gasteiger charge is -2.29. The molecular formula is C15H15NO4. The molecule has 20 heavy (non-hydrogen) atoms. The van der Waals surface area contributed by atoms with Gasteiger partial charge in [-0.05, 0) is 18.6 Å². The fourth-order valence-electron chi connectivity index (χ4n) is 4.26. The van der Waals surface area contributed by atoms with E-state index in [0.717, 1.165) is 0 Å². The van der Waals surface area contributed by atoms with Crippen LogP contribution in [0.3, 0.4) is 0 Å². The highest BCUT2D eigenvalue weighted by atomic mass is 16.3. The molecule has 5 heteroatoms. The van der Waals surface area contributed by atoms with Gasteiger partial charge in [0.05, 0.1) is 29.7 Å². The maximum absolute atomic E-state index is 12.6. The van der Waals surface area contributed by atoms with Gasteiger partial charge in [-0.25, -0.2) is 0 Å². The largest absolute Gasteiger partial charge is 0.390 e. The normalized spacial score (nSPS) is 42.4. The van der Waals surface area contributed by atoms with Crippen LogP contribution in [-0.4, -0.2) is 34.2 Å². The molecule has 1 saturated heterocycles. The van der Waals surface area contributed by atoms with Gasteiger partial charge >= 0.3 is 0 Å². The Balaban J connectivity index is 1.75. The smallest absolute Gasteiger partial charge is 0.238 e. The van der Waals surface area contributed by atoms with Crippen LogP contribution >= 0.6 is 0 Å². The minimum absolute atomic E-state index is 0.232. The van der Waals surface area contributed by atoms with Crippen LogP contribution in [0.5, 0.6) is 0 Å². The number of nitrogens with zero attached hydrogens (tertiary/aromatic N) is 1. The number of carbonyl (C=O) groups is 2. The second-order valence-electron chi connectivity index (χ2n) is 5.94. The van der Waals surface area contributed by atoms with Crippen molar-refractivity contribution in [2.24, 2.45) is 23.7 Å².